The fraction of sp³-hybridized carbons (Fsp3) is 0.455. The molecule has 3 heteroatoms. The molecule has 0 aromatic heterocycles. The van der Waals surface area contributed by atoms with Crippen LogP contribution < -0.4 is 4.74 Å². The second-order valence-corrected chi connectivity index (χ2v) is 6.95. The molecule has 2 unspecified atom stereocenters. The third kappa shape index (κ3) is 4.42. The summed E-state index contributed by atoms with van der Waals surface area (Å²) in [4.78, 5) is 2.35. The number of ether oxygens (including phenoxy) is 1. The van der Waals surface area contributed by atoms with Crippen molar-refractivity contribution in [2.75, 3.05) is 20.3 Å². The van der Waals surface area contributed by atoms with E-state index in [-0.39, 0.29) is 12.6 Å². The quantitative estimate of drug-likeness (QED) is 0.856. The van der Waals surface area contributed by atoms with Gasteiger partial charge in [0.05, 0.1) is 13.2 Å². The molecule has 1 aliphatic rings. The maximum Gasteiger partial charge on any atom is 0.119 e. The van der Waals surface area contributed by atoms with Gasteiger partial charge in [-0.1, -0.05) is 36.4 Å². The molecule has 0 spiro atoms. The van der Waals surface area contributed by atoms with E-state index in [2.05, 4.69) is 48.3 Å². The van der Waals surface area contributed by atoms with Crippen molar-refractivity contribution >= 4 is 0 Å². The van der Waals surface area contributed by atoms with Crippen molar-refractivity contribution in [3.05, 3.63) is 65.2 Å². The average molecular weight is 339 g/mol. The Morgan fingerprint density at radius 2 is 1.88 bits per heavy atom. The van der Waals surface area contributed by atoms with Crippen molar-refractivity contribution in [3.8, 4) is 5.75 Å². The molecule has 2 aromatic carbocycles. The first-order valence-electron chi connectivity index (χ1n) is 9.34. The molecule has 0 bridgehead atoms. The molecule has 3 rings (SSSR count). The lowest BCUT2D eigenvalue weighted by Crippen LogP contribution is -2.41. The van der Waals surface area contributed by atoms with E-state index >= 15 is 0 Å². The highest BCUT2D eigenvalue weighted by Gasteiger charge is 2.28. The van der Waals surface area contributed by atoms with Gasteiger partial charge in [-0.15, -0.1) is 0 Å². The molecule has 1 heterocycles. The van der Waals surface area contributed by atoms with E-state index in [0.29, 0.717) is 12.6 Å². The summed E-state index contributed by atoms with van der Waals surface area (Å²) in [6.45, 7) is 2.95. The zero-order chi connectivity index (χ0) is 17.6. The number of hydrogen-bond acceptors (Lipinski definition) is 3. The van der Waals surface area contributed by atoms with Crippen LogP contribution >= 0.6 is 0 Å². The highest BCUT2D eigenvalue weighted by atomic mass is 16.5. The molecular weight excluding hydrogens is 310 g/mol. The van der Waals surface area contributed by atoms with E-state index in [1.807, 2.05) is 19.1 Å². The summed E-state index contributed by atoms with van der Waals surface area (Å²) >= 11 is 0. The second-order valence-electron chi connectivity index (χ2n) is 6.95. The number of aliphatic hydroxyl groups excluding tert-OH is 1. The van der Waals surface area contributed by atoms with E-state index in [9.17, 15) is 5.11 Å². The molecule has 134 valence electrons. The van der Waals surface area contributed by atoms with Crippen molar-refractivity contribution < 1.29 is 9.84 Å². The average Bonchev–Trinajstić information content (AvgIpc) is 2.64. The van der Waals surface area contributed by atoms with Gasteiger partial charge in [0.25, 0.3) is 0 Å². The van der Waals surface area contributed by atoms with Crippen LogP contribution in [0.4, 0.5) is 0 Å². The lowest BCUT2D eigenvalue weighted by atomic mass is 9.90. The summed E-state index contributed by atoms with van der Waals surface area (Å²) in [7, 11) is 2.14. The number of piperidine rings is 1. The topological polar surface area (TPSA) is 32.7 Å². The van der Waals surface area contributed by atoms with Crippen molar-refractivity contribution in [1.82, 2.24) is 4.90 Å². The Kier molecular flexibility index (Phi) is 6.11. The molecule has 0 radical (unpaired) electrons. The highest BCUT2D eigenvalue weighted by molar-refractivity contribution is 5.34. The molecule has 2 atom stereocenters. The Bertz CT molecular complexity index is 668. The van der Waals surface area contributed by atoms with E-state index in [4.69, 9.17) is 4.74 Å². The maximum absolute atomic E-state index is 9.58. The molecule has 1 fully saturated rings. The molecule has 1 N–H and O–H groups in total. The fourth-order valence-electron chi connectivity index (χ4n) is 3.85. The number of rotatable bonds is 6. The third-order valence-corrected chi connectivity index (χ3v) is 5.27. The minimum Gasteiger partial charge on any atom is -0.494 e. The minimum atomic E-state index is 0.249. The van der Waals surface area contributed by atoms with Crippen molar-refractivity contribution in [2.24, 2.45) is 0 Å². The van der Waals surface area contributed by atoms with Gasteiger partial charge in [0.2, 0.25) is 0 Å². The first kappa shape index (κ1) is 18.0. The number of hydrogen-bond donors (Lipinski definition) is 1. The molecule has 0 saturated carbocycles. The maximum atomic E-state index is 9.58. The summed E-state index contributed by atoms with van der Waals surface area (Å²) in [5.41, 5.74) is 4.00. The number of likely N-dealkylation sites (N-methyl/N-ethyl adjacent to an activating group) is 1. The molecule has 2 aromatic rings. The van der Waals surface area contributed by atoms with Crippen LogP contribution in [-0.2, 0) is 6.42 Å². The first-order valence-corrected chi connectivity index (χ1v) is 9.34. The Labute approximate surface area is 151 Å². The SMILES string of the molecule is CCOc1ccc(Cc2cccc(C3CCCC(CO)N3C)c2)cc1. The van der Waals surface area contributed by atoms with E-state index in [1.165, 1.54) is 29.5 Å². The summed E-state index contributed by atoms with van der Waals surface area (Å²) in [6.07, 6.45) is 4.37. The molecule has 0 amide bonds. The van der Waals surface area contributed by atoms with Gasteiger partial charge in [0.1, 0.15) is 5.75 Å². The van der Waals surface area contributed by atoms with Crippen LogP contribution in [0.2, 0.25) is 0 Å². The lowest BCUT2D eigenvalue weighted by molar-refractivity contribution is 0.0678. The zero-order valence-electron chi connectivity index (χ0n) is 15.3. The molecule has 1 saturated heterocycles. The number of likely N-dealkylation sites (tertiary alicyclic amines) is 1. The van der Waals surface area contributed by atoms with Gasteiger partial charge >= 0.3 is 0 Å². The smallest absolute Gasteiger partial charge is 0.119 e. The molecular formula is C22H29NO2. The molecule has 3 nitrogen and oxygen atoms in total. The molecule has 1 aliphatic heterocycles. The summed E-state index contributed by atoms with van der Waals surface area (Å²) in [5, 5.41) is 9.58. The second kappa shape index (κ2) is 8.50. The van der Waals surface area contributed by atoms with Crippen LogP contribution in [0.1, 0.15) is 48.9 Å². The summed E-state index contributed by atoms with van der Waals surface area (Å²) < 4.78 is 5.52. The summed E-state index contributed by atoms with van der Waals surface area (Å²) in [5.74, 6) is 0.930. The van der Waals surface area contributed by atoms with Crippen molar-refractivity contribution in [2.45, 2.75) is 44.7 Å². The van der Waals surface area contributed by atoms with Crippen LogP contribution in [0.15, 0.2) is 48.5 Å². The molecule has 0 aliphatic carbocycles. The van der Waals surface area contributed by atoms with Crippen molar-refractivity contribution in [3.63, 3.8) is 0 Å². The van der Waals surface area contributed by atoms with Gasteiger partial charge in [0.15, 0.2) is 0 Å². The predicted octanol–water partition coefficient (Wildman–Crippen LogP) is 4.19. The lowest BCUT2D eigenvalue weighted by Gasteiger charge is -2.39. The third-order valence-electron chi connectivity index (χ3n) is 5.27. The Hall–Kier alpha value is -1.84. The van der Waals surface area contributed by atoms with Crippen LogP contribution in [0, 0.1) is 0 Å². The van der Waals surface area contributed by atoms with Gasteiger partial charge in [0, 0.05) is 12.1 Å². The first-order chi connectivity index (χ1) is 12.2. The Balaban J connectivity index is 1.72. The van der Waals surface area contributed by atoms with E-state index in [1.54, 1.807) is 0 Å². The van der Waals surface area contributed by atoms with Crippen LogP contribution in [0.5, 0.6) is 5.75 Å². The van der Waals surface area contributed by atoms with Gasteiger partial charge in [-0.05, 0) is 68.5 Å². The van der Waals surface area contributed by atoms with Crippen LogP contribution in [0.25, 0.3) is 0 Å². The highest BCUT2D eigenvalue weighted by Crippen LogP contribution is 2.33. The Morgan fingerprint density at radius 1 is 1.08 bits per heavy atom. The van der Waals surface area contributed by atoms with Gasteiger partial charge in [-0.2, -0.15) is 0 Å². The van der Waals surface area contributed by atoms with Crippen LogP contribution in [0.3, 0.4) is 0 Å². The molecule has 25 heavy (non-hydrogen) atoms. The summed E-state index contributed by atoms with van der Waals surface area (Å²) in [6, 6.07) is 18.0. The number of benzene rings is 2. The van der Waals surface area contributed by atoms with Crippen molar-refractivity contribution in [1.29, 1.82) is 0 Å². The van der Waals surface area contributed by atoms with Gasteiger partial charge < -0.3 is 9.84 Å². The zero-order valence-corrected chi connectivity index (χ0v) is 15.3. The standard InChI is InChI=1S/C22H29NO2/c1-3-25-21-12-10-17(11-13-21)14-18-6-4-7-19(15-18)22-9-5-8-20(16-24)23(22)2/h4,6-7,10-13,15,20,22,24H,3,5,8-9,14,16H2,1-2H3. The minimum absolute atomic E-state index is 0.249. The predicted molar refractivity (Wildman–Crippen MR) is 102 cm³/mol. The van der Waals surface area contributed by atoms with E-state index in [0.717, 1.165) is 18.6 Å². The number of nitrogens with zero attached hydrogens (tertiary/aromatic N) is 1. The van der Waals surface area contributed by atoms with Gasteiger partial charge in [-0.25, -0.2) is 0 Å². The number of aliphatic hydroxyl groups is 1. The normalized spacial score (nSPS) is 21.2. The monoisotopic (exact) mass is 339 g/mol. The van der Waals surface area contributed by atoms with Gasteiger partial charge in [-0.3, -0.25) is 4.90 Å². The van der Waals surface area contributed by atoms with Crippen LogP contribution in [-0.4, -0.2) is 36.3 Å². The van der Waals surface area contributed by atoms with E-state index < -0.39 is 0 Å². The fourth-order valence-corrected chi connectivity index (χ4v) is 3.85. The largest absolute Gasteiger partial charge is 0.494 e. The Morgan fingerprint density at radius 3 is 2.60 bits per heavy atom.